The normalized spacial score (nSPS) is 10.3. The smallest absolute Gasteiger partial charge is 0.134 e. The molecule has 2 rings (SSSR count). The van der Waals surface area contributed by atoms with Crippen molar-refractivity contribution < 1.29 is 8.78 Å². The molecule has 1 heterocycles. The molecule has 0 N–H and O–H groups in total. The molecule has 1 aromatic carbocycles. The Balaban J connectivity index is 2.64. The number of halogens is 2. The van der Waals surface area contributed by atoms with Gasteiger partial charge in [-0.3, -0.25) is 0 Å². The summed E-state index contributed by atoms with van der Waals surface area (Å²) in [5.41, 5.74) is 0.657. The first-order chi connectivity index (χ1) is 6.29. The van der Waals surface area contributed by atoms with Crippen LogP contribution in [0, 0.1) is 11.6 Å². The fourth-order valence-electron chi connectivity index (χ4n) is 1.18. The van der Waals surface area contributed by atoms with Crippen LogP contribution in [-0.2, 0) is 0 Å². The lowest BCUT2D eigenvalue weighted by Gasteiger charge is -2.00. The van der Waals surface area contributed by atoms with Gasteiger partial charge in [-0.25, -0.2) is 8.78 Å². The Hall–Kier alpha value is -1.22. The molecular weight excluding hydrogens is 190 g/mol. The van der Waals surface area contributed by atoms with Gasteiger partial charge in [0.1, 0.15) is 11.6 Å². The third-order valence-corrected chi connectivity index (χ3v) is 2.46. The average Bonchev–Trinajstić information content (AvgIpc) is 2.57. The van der Waals surface area contributed by atoms with Crippen LogP contribution in [0.2, 0.25) is 0 Å². The molecular formula is C10H6F2S. The second-order valence-electron chi connectivity index (χ2n) is 2.61. The van der Waals surface area contributed by atoms with Crippen LogP contribution in [0.3, 0.4) is 0 Å². The van der Waals surface area contributed by atoms with E-state index in [9.17, 15) is 8.78 Å². The maximum atomic E-state index is 13.2. The van der Waals surface area contributed by atoms with E-state index in [1.165, 1.54) is 29.5 Å². The van der Waals surface area contributed by atoms with E-state index in [1.54, 1.807) is 16.8 Å². The van der Waals surface area contributed by atoms with E-state index in [2.05, 4.69) is 0 Å². The number of hydrogen-bond donors (Lipinski definition) is 0. The predicted molar refractivity (Wildman–Crippen MR) is 49.7 cm³/mol. The lowest BCUT2D eigenvalue weighted by atomic mass is 10.1. The summed E-state index contributed by atoms with van der Waals surface area (Å²) in [5.74, 6) is -1.03. The Morgan fingerprint density at radius 2 is 1.69 bits per heavy atom. The highest BCUT2D eigenvalue weighted by Gasteiger charge is 2.10. The fraction of sp³-hybridized carbons (Fsp3) is 0. The van der Waals surface area contributed by atoms with E-state index in [0.717, 1.165) is 0 Å². The molecule has 0 radical (unpaired) electrons. The summed E-state index contributed by atoms with van der Waals surface area (Å²) in [6.07, 6.45) is 0. The molecule has 0 atom stereocenters. The zero-order chi connectivity index (χ0) is 9.26. The maximum Gasteiger partial charge on any atom is 0.134 e. The van der Waals surface area contributed by atoms with Crippen LogP contribution in [0.25, 0.3) is 11.1 Å². The highest BCUT2D eigenvalue weighted by Crippen LogP contribution is 2.27. The van der Waals surface area contributed by atoms with Crippen molar-refractivity contribution in [1.82, 2.24) is 0 Å². The van der Waals surface area contributed by atoms with Gasteiger partial charge in [0.2, 0.25) is 0 Å². The molecule has 0 saturated heterocycles. The molecule has 0 aliphatic rings. The number of rotatable bonds is 1. The Morgan fingerprint density at radius 1 is 1.00 bits per heavy atom. The summed E-state index contributed by atoms with van der Waals surface area (Å²) in [4.78, 5) is 0. The Kier molecular flexibility index (Phi) is 2.10. The molecule has 0 aliphatic heterocycles. The van der Waals surface area contributed by atoms with Crippen LogP contribution >= 0.6 is 11.3 Å². The molecule has 0 amide bonds. The monoisotopic (exact) mass is 196 g/mol. The van der Waals surface area contributed by atoms with Gasteiger partial charge in [0.25, 0.3) is 0 Å². The first-order valence-corrected chi connectivity index (χ1v) is 4.70. The zero-order valence-corrected chi connectivity index (χ0v) is 7.44. The van der Waals surface area contributed by atoms with Crippen molar-refractivity contribution in [3.05, 3.63) is 46.7 Å². The molecule has 13 heavy (non-hydrogen) atoms. The largest absolute Gasteiger partial charge is 0.206 e. The lowest BCUT2D eigenvalue weighted by Crippen LogP contribution is -1.86. The predicted octanol–water partition coefficient (Wildman–Crippen LogP) is 3.69. The van der Waals surface area contributed by atoms with Crippen LogP contribution in [0.1, 0.15) is 0 Å². The van der Waals surface area contributed by atoms with Crippen molar-refractivity contribution in [2.45, 2.75) is 0 Å². The van der Waals surface area contributed by atoms with Crippen LogP contribution in [0.4, 0.5) is 8.78 Å². The second kappa shape index (κ2) is 3.26. The standard InChI is InChI=1S/C10H6F2S/c11-8-2-1-3-9(12)10(8)7-4-5-13-6-7/h1-6H. The molecule has 66 valence electrons. The molecule has 1 aromatic heterocycles. The van der Waals surface area contributed by atoms with Crippen molar-refractivity contribution in [3.8, 4) is 11.1 Å². The molecule has 0 nitrogen and oxygen atoms in total. The van der Waals surface area contributed by atoms with Crippen LogP contribution in [0.5, 0.6) is 0 Å². The Morgan fingerprint density at radius 3 is 2.23 bits per heavy atom. The average molecular weight is 196 g/mol. The van der Waals surface area contributed by atoms with Gasteiger partial charge >= 0.3 is 0 Å². The van der Waals surface area contributed by atoms with Gasteiger partial charge < -0.3 is 0 Å². The van der Waals surface area contributed by atoms with Gasteiger partial charge in [-0.05, 0) is 34.5 Å². The maximum absolute atomic E-state index is 13.2. The quantitative estimate of drug-likeness (QED) is 0.652. The molecule has 0 bridgehead atoms. The van der Waals surface area contributed by atoms with Crippen molar-refractivity contribution in [2.24, 2.45) is 0 Å². The van der Waals surface area contributed by atoms with E-state index in [1.807, 2.05) is 0 Å². The van der Waals surface area contributed by atoms with Crippen molar-refractivity contribution in [2.75, 3.05) is 0 Å². The number of hydrogen-bond acceptors (Lipinski definition) is 1. The van der Waals surface area contributed by atoms with Crippen LogP contribution in [0.15, 0.2) is 35.0 Å². The highest BCUT2D eigenvalue weighted by molar-refractivity contribution is 7.08. The second-order valence-corrected chi connectivity index (χ2v) is 3.39. The Labute approximate surface area is 78.5 Å². The molecule has 0 fully saturated rings. The molecule has 0 unspecified atom stereocenters. The lowest BCUT2D eigenvalue weighted by molar-refractivity contribution is 0.590. The first kappa shape index (κ1) is 8.38. The summed E-state index contributed by atoms with van der Waals surface area (Å²) < 4.78 is 26.4. The molecule has 0 aliphatic carbocycles. The van der Waals surface area contributed by atoms with Gasteiger partial charge in [-0.2, -0.15) is 11.3 Å². The van der Waals surface area contributed by atoms with Gasteiger partial charge in [0.15, 0.2) is 0 Å². The van der Waals surface area contributed by atoms with E-state index in [0.29, 0.717) is 5.56 Å². The zero-order valence-electron chi connectivity index (χ0n) is 6.63. The third kappa shape index (κ3) is 1.47. The summed E-state index contributed by atoms with van der Waals surface area (Å²) in [7, 11) is 0. The SMILES string of the molecule is Fc1cccc(F)c1-c1ccsc1. The van der Waals surface area contributed by atoms with E-state index >= 15 is 0 Å². The third-order valence-electron chi connectivity index (χ3n) is 1.77. The molecule has 0 saturated carbocycles. The summed E-state index contributed by atoms with van der Waals surface area (Å²) >= 11 is 1.42. The summed E-state index contributed by atoms with van der Waals surface area (Å²) in [6, 6.07) is 5.58. The van der Waals surface area contributed by atoms with Crippen molar-refractivity contribution in [1.29, 1.82) is 0 Å². The van der Waals surface area contributed by atoms with E-state index in [-0.39, 0.29) is 5.56 Å². The van der Waals surface area contributed by atoms with Gasteiger partial charge in [0, 0.05) is 0 Å². The van der Waals surface area contributed by atoms with Crippen molar-refractivity contribution >= 4 is 11.3 Å². The summed E-state index contributed by atoms with van der Waals surface area (Å²) in [6.45, 7) is 0. The Bertz CT molecular complexity index is 387. The van der Waals surface area contributed by atoms with Gasteiger partial charge in [-0.1, -0.05) is 6.07 Å². The summed E-state index contributed by atoms with van der Waals surface area (Å²) in [5, 5.41) is 3.52. The fourth-order valence-corrected chi connectivity index (χ4v) is 1.83. The molecule has 3 heteroatoms. The minimum atomic E-state index is -0.515. The molecule has 2 aromatic rings. The minimum absolute atomic E-state index is 0.0590. The topological polar surface area (TPSA) is 0 Å². The van der Waals surface area contributed by atoms with Gasteiger partial charge in [-0.15, -0.1) is 0 Å². The molecule has 0 spiro atoms. The van der Waals surface area contributed by atoms with E-state index in [4.69, 9.17) is 0 Å². The van der Waals surface area contributed by atoms with Crippen LogP contribution in [-0.4, -0.2) is 0 Å². The number of benzene rings is 1. The number of thiophene rings is 1. The van der Waals surface area contributed by atoms with E-state index < -0.39 is 11.6 Å². The van der Waals surface area contributed by atoms with Crippen LogP contribution < -0.4 is 0 Å². The van der Waals surface area contributed by atoms with Gasteiger partial charge in [0.05, 0.1) is 5.56 Å². The minimum Gasteiger partial charge on any atom is -0.206 e. The first-order valence-electron chi connectivity index (χ1n) is 3.75. The highest BCUT2D eigenvalue weighted by atomic mass is 32.1. The van der Waals surface area contributed by atoms with Crippen molar-refractivity contribution in [3.63, 3.8) is 0 Å².